The highest BCUT2D eigenvalue weighted by molar-refractivity contribution is 6.02. The lowest BCUT2D eigenvalue weighted by Gasteiger charge is -2.31. The molecule has 3 aliphatic rings. The molecule has 2 aliphatic heterocycles. The standard InChI is InChI=1S/C25H28N4O3.H2/c1-28-8-10-29(11-9-28)15-20-13-17-12-19(3-4-21(17)26-20)27-24(30)25(6-7-25)18-2-5-22-23(14-18)32-16-31-22;/h2-5,12-14,26H,6-11,15-16H2,1H3,(H,27,30);1H. The number of ether oxygens (including phenoxy) is 2. The van der Waals surface area contributed by atoms with E-state index >= 15 is 0 Å². The maximum Gasteiger partial charge on any atom is 0.235 e. The summed E-state index contributed by atoms with van der Waals surface area (Å²) >= 11 is 0. The van der Waals surface area contributed by atoms with Crippen molar-refractivity contribution >= 4 is 22.5 Å². The van der Waals surface area contributed by atoms with E-state index in [1.54, 1.807) is 0 Å². The van der Waals surface area contributed by atoms with Crippen molar-refractivity contribution in [1.29, 1.82) is 0 Å². The van der Waals surface area contributed by atoms with Gasteiger partial charge in [-0.25, -0.2) is 0 Å². The van der Waals surface area contributed by atoms with Gasteiger partial charge in [0, 0.05) is 56.4 Å². The number of fused-ring (bicyclic) bond motifs is 2. The summed E-state index contributed by atoms with van der Waals surface area (Å²) in [6.45, 7) is 5.58. The minimum Gasteiger partial charge on any atom is -0.454 e. The molecule has 1 aromatic heterocycles. The average molecular weight is 435 g/mol. The Labute approximate surface area is 188 Å². The number of rotatable bonds is 5. The lowest BCUT2D eigenvalue weighted by Crippen LogP contribution is -2.43. The Morgan fingerprint density at radius 2 is 1.88 bits per heavy atom. The molecule has 0 radical (unpaired) electrons. The largest absolute Gasteiger partial charge is 0.454 e. The molecule has 1 saturated heterocycles. The third kappa shape index (κ3) is 3.51. The van der Waals surface area contributed by atoms with Crippen LogP contribution in [0.4, 0.5) is 5.69 Å². The Kier molecular flexibility index (Phi) is 4.62. The van der Waals surface area contributed by atoms with Crippen molar-refractivity contribution in [1.82, 2.24) is 14.8 Å². The van der Waals surface area contributed by atoms with Crippen LogP contribution in [0.5, 0.6) is 11.5 Å². The van der Waals surface area contributed by atoms with E-state index in [0.717, 1.165) is 79.2 Å². The summed E-state index contributed by atoms with van der Waals surface area (Å²) < 4.78 is 10.9. The minimum atomic E-state index is -0.472. The summed E-state index contributed by atoms with van der Waals surface area (Å²) in [4.78, 5) is 21.6. The van der Waals surface area contributed by atoms with Gasteiger partial charge in [0.25, 0.3) is 0 Å². The number of aromatic amines is 1. The number of hydrogen-bond acceptors (Lipinski definition) is 5. The van der Waals surface area contributed by atoms with Crippen LogP contribution in [0.25, 0.3) is 10.9 Å². The van der Waals surface area contributed by atoms with Crippen LogP contribution in [0, 0.1) is 0 Å². The summed E-state index contributed by atoms with van der Waals surface area (Å²) in [6, 6.07) is 14.1. The molecule has 1 amide bonds. The second-order valence-corrected chi connectivity index (χ2v) is 9.28. The lowest BCUT2D eigenvalue weighted by molar-refractivity contribution is -0.118. The van der Waals surface area contributed by atoms with Crippen LogP contribution in [0.1, 0.15) is 25.5 Å². The van der Waals surface area contributed by atoms with Crippen LogP contribution in [-0.2, 0) is 16.8 Å². The van der Waals surface area contributed by atoms with Crippen molar-refractivity contribution in [3.8, 4) is 11.5 Å². The fourth-order valence-corrected chi connectivity index (χ4v) is 4.82. The fraction of sp³-hybridized carbons (Fsp3) is 0.400. The highest BCUT2D eigenvalue weighted by Gasteiger charge is 2.51. The molecule has 0 bridgehead atoms. The number of likely N-dealkylation sites (N-methyl/N-ethyl adjacent to an activating group) is 1. The first-order valence-electron chi connectivity index (χ1n) is 11.3. The number of piperazine rings is 1. The van der Waals surface area contributed by atoms with Crippen LogP contribution in [0.15, 0.2) is 42.5 Å². The van der Waals surface area contributed by atoms with Crippen LogP contribution >= 0.6 is 0 Å². The van der Waals surface area contributed by atoms with Crippen molar-refractivity contribution < 1.29 is 15.7 Å². The van der Waals surface area contributed by atoms with E-state index < -0.39 is 5.41 Å². The Hall–Kier alpha value is -3.03. The average Bonchev–Trinajstić information content (AvgIpc) is 3.31. The van der Waals surface area contributed by atoms with Crippen molar-refractivity contribution in [3.63, 3.8) is 0 Å². The van der Waals surface area contributed by atoms with Crippen LogP contribution in [0.2, 0.25) is 0 Å². The predicted octanol–water partition coefficient (Wildman–Crippen LogP) is 3.56. The molecule has 2 fully saturated rings. The number of amides is 1. The molecule has 3 heterocycles. The molecule has 1 aliphatic carbocycles. The number of nitrogens with zero attached hydrogens (tertiary/aromatic N) is 2. The van der Waals surface area contributed by atoms with E-state index in [9.17, 15) is 4.79 Å². The Balaban J connectivity index is 0.00000228. The Bertz CT molecular complexity index is 1180. The molecule has 0 atom stereocenters. The zero-order chi connectivity index (χ0) is 21.7. The third-order valence-corrected chi connectivity index (χ3v) is 7.03. The second-order valence-electron chi connectivity index (χ2n) is 9.28. The van der Waals surface area contributed by atoms with Gasteiger partial charge < -0.3 is 24.7 Å². The number of aromatic nitrogens is 1. The summed E-state index contributed by atoms with van der Waals surface area (Å²) in [5.74, 6) is 1.52. The minimum absolute atomic E-state index is 0. The van der Waals surface area contributed by atoms with Crippen molar-refractivity contribution in [2.75, 3.05) is 45.3 Å². The number of hydrogen-bond donors (Lipinski definition) is 2. The van der Waals surface area contributed by atoms with Gasteiger partial charge in [-0.2, -0.15) is 0 Å². The maximum absolute atomic E-state index is 13.2. The molecule has 2 N–H and O–H groups in total. The smallest absolute Gasteiger partial charge is 0.235 e. The number of carbonyl (C=O) groups is 1. The van der Waals surface area contributed by atoms with Crippen molar-refractivity contribution in [3.05, 3.63) is 53.7 Å². The first-order chi connectivity index (χ1) is 15.6. The normalized spacial score (nSPS) is 19.9. The summed E-state index contributed by atoms with van der Waals surface area (Å²) in [5.41, 5.74) is 3.67. The molecular weight excluding hydrogens is 404 g/mol. The Morgan fingerprint density at radius 3 is 2.69 bits per heavy atom. The third-order valence-electron chi connectivity index (χ3n) is 7.03. The van der Waals surface area contributed by atoms with Gasteiger partial charge in [-0.05, 0) is 61.9 Å². The van der Waals surface area contributed by atoms with Gasteiger partial charge in [-0.1, -0.05) is 6.07 Å². The molecule has 1 saturated carbocycles. The number of nitrogens with one attached hydrogen (secondary N) is 2. The van der Waals surface area contributed by atoms with E-state index in [-0.39, 0.29) is 14.1 Å². The molecule has 0 spiro atoms. The summed E-state index contributed by atoms with van der Waals surface area (Å²) in [5, 5.41) is 4.28. The van der Waals surface area contributed by atoms with Crippen molar-refractivity contribution in [2.24, 2.45) is 0 Å². The van der Waals surface area contributed by atoms with Crippen LogP contribution in [0.3, 0.4) is 0 Å². The SMILES string of the molecule is CN1CCN(Cc2cc3cc(NC(=O)C4(c5ccc6c(c5)OCO6)CC4)ccc3[nH]2)CC1.[HH]. The Morgan fingerprint density at radius 1 is 1.06 bits per heavy atom. The molecule has 3 aromatic rings. The summed E-state index contributed by atoms with van der Waals surface area (Å²) in [6.07, 6.45) is 1.69. The van der Waals surface area contributed by atoms with E-state index in [1.165, 1.54) is 5.69 Å². The van der Waals surface area contributed by atoms with Gasteiger partial charge in [-0.3, -0.25) is 9.69 Å². The van der Waals surface area contributed by atoms with Gasteiger partial charge in [0.05, 0.1) is 5.41 Å². The molecule has 32 heavy (non-hydrogen) atoms. The highest BCUT2D eigenvalue weighted by atomic mass is 16.7. The fourth-order valence-electron chi connectivity index (χ4n) is 4.82. The molecule has 7 nitrogen and oxygen atoms in total. The van der Waals surface area contributed by atoms with E-state index in [2.05, 4.69) is 45.3 Å². The van der Waals surface area contributed by atoms with Crippen LogP contribution < -0.4 is 14.8 Å². The summed E-state index contributed by atoms with van der Waals surface area (Å²) in [7, 11) is 2.18. The molecule has 6 rings (SSSR count). The first-order valence-corrected chi connectivity index (χ1v) is 11.3. The lowest BCUT2D eigenvalue weighted by atomic mass is 9.94. The van der Waals surface area contributed by atoms with E-state index in [4.69, 9.17) is 9.47 Å². The van der Waals surface area contributed by atoms with Gasteiger partial charge in [-0.15, -0.1) is 0 Å². The van der Waals surface area contributed by atoms with Crippen molar-refractivity contribution in [2.45, 2.75) is 24.8 Å². The molecular formula is C25H30N4O3. The number of anilines is 1. The topological polar surface area (TPSA) is 69.8 Å². The van der Waals surface area contributed by atoms with Gasteiger partial charge >= 0.3 is 0 Å². The molecule has 0 unspecified atom stereocenters. The van der Waals surface area contributed by atoms with E-state index in [1.807, 2.05) is 24.3 Å². The first kappa shape index (κ1) is 19.6. The van der Waals surface area contributed by atoms with Gasteiger partial charge in [0.15, 0.2) is 11.5 Å². The number of benzene rings is 2. The zero-order valence-corrected chi connectivity index (χ0v) is 18.3. The number of H-pyrrole nitrogens is 1. The zero-order valence-electron chi connectivity index (χ0n) is 18.3. The second kappa shape index (κ2) is 7.53. The van der Waals surface area contributed by atoms with Crippen LogP contribution in [-0.4, -0.2) is 60.7 Å². The predicted molar refractivity (Wildman–Crippen MR) is 125 cm³/mol. The molecule has 7 heteroatoms. The monoisotopic (exact) mass is 434 g/mol. The van der Waals surface area contributed by atoms with E-state index in [0.29, 0.717) is 0 Å². The highest BCUT2D eigenvalue weighted by Crippen LogP contribution is 2.51. The number of carbonyl (C=O) groups excluding carboxylic acids is 1. The maximum atomic E-state index is 13.2. The molecule has 2 aromatic carbocycles. The molecule has 168 valence electrons. The van der Waals surface area contributed by atoms with Gasteiger partial charge in [0.1, 0.15) is 0 Å². The van der Waals surface area contributed by atoms with Gasteiger partial charge in [0.2, 0.25) is 12.7 Å². The quantitative estimate of drug-likeness (QED) is 0.643.